The molecular weight excluding hydrogens is 375 g/mol. The number of hydrogen-bond acceptors (Lipinski definition) is 8. The van der Waals surface area contributed by atoms with Crippen molar-refractivity contribution < 1.29 is 32.5 Å². The van der Waals surface area contributed by atoms with Gasteiger partial charge in [-0.15, -0.1) is 0 Å². The van der Waals surface area contributed by atoms with Crippen LogP contribution in [0.3, 0.4) is 0 Å². The van der Waals surface area contributed by atoms with Gasteiger partial charge in [-0.2, -0.15) is 18.2 Å². The van der Waals surface area contributed by atoms with Crippen LogP contribution >= 0.6 is 0 Å². The van der Waals surface area contributed by atoms with Crippen LogP contribution in [0.25, 0.3) is 11.2 Å². The number of nitrogen functional groups attached to an aromatic ring is 1. The molecule has 4 N–H and O–H groups in total. The van der Waals surface area contributed by atoms with Crippen molar-refractivity contribution in [2.45, 2.75) is 25.4 Å². The van der Waals surface area contributed by atoms with Gasteiger partial charge in [-0.3, -0.25) is 19.1 Å². The molecule has 13 heteroatoms. The van der Waals surface area contributed by atoms with Crippen LogP contribution in [0.1, 0.15) is 6.42 Å². The largest absolute Gasteiger partial charge is 0.463 e. The number of hydrogen-bond donors (Lipinski definition) is 3. The number of H-pyrrole nitrogens is 1. The average Bonchev–Trinajstić information content (AvgIpc) is 3.31. The van der Waals surface area contributed by atoms with Crippen LogP contribution in [0, 0.1) is 11.8 Å². The molecular formula is C14H16F3N5O5. The second-order valence-corrected chi connectivity index (χ2v) is 6.06. The molecule has 0 saturated heterocycles. The summed E-state index contributed by atoms with van der Waals surface area (Å²) in [6, 6.07) is 0. The van der Waals surface area contributed by atoms with Gasteiger partial charge in [-0.1, -0.05) is 0 Å². The van der Waals surface area contributed by atoms with E-state index in [9.17, 15) is 27.9 Å². The molecule has 1 fully saturated rings. The molecule has 1 saturated carbocycles. The zero-order valence-corrected chi connectivity index (χ0v) is 13.8. The molecule has 0 spiro atoms. The number of carbonyl (C=O) groups is 1. The summed E-state index contributed by atoms with van der Waals surface area (Å²) in [5.74, 6) is -3.98. The number of halogens is 3. The Labute approximate surface area is 149 Å². The van der Waals surface area contributed by atoms with Crippen molar-refractivity contribution in [1.29, 1.82) is 0 Å². The second-order valence-electron chi connectivity index (χ2n) is 6.06. The van der Waals surface area contributed by atoms with Gasteiger partial charge in [0.2, 0.25) is 5.95 Å². The topological polar surface area (TPSA) is 145 Å². The van der Waals surface area contributed by atoms with Crippen LogP contribution in [0.4, 0.5) is 19.1 Å². The summed E-state index contributed by atoms with van der Waals surface area (Å²) in [4.78, 5) is 33.4. The third-order valence-corrected chi connectivity index (χ3v) is 4.07. The van der Waals surface area contributed by atoms with E-state index in [2.05, 4.69) is 15.0 Å². The quantitative estimate of drug-likeness (QED) is 0.549. The van der Waals surface area contributed by atoms with E-state index in [1.54, 1.807) is 0 Å². The fraction of sp³-hybridized carbons (Fsp3) is 0.571. The number of ether oxygens (including phenoxy) is 2. The molecule has 3 atom stereocenters. The number of anilines is 1. The Morgan fingerprint density at radius 2 is 2.26 bits per heavy atom. The normalized spacial score (nSPS) is 20.6. The molecule has 0 bridgehead atoms. The van der Waals surface area contributed by atoms with Gasteiger partial charge in [0, 0.05) is 0 Å². The van der Waals surface area contributed by atoms with E-state index in [1.165, 1.54) is 10.9 Å². The predicted octanol–water partition coefficient (Wildman–Crippen LogP) is -0.222. The highest BCUT2D eigenvalue weighted by Gasteiger charge is 2.59. The van der Waals surface area contributed by atoms with E-state index in [-0.39, 0.29) is 30.3 Å². The number of esters is 1. The van der Waals surface area contributed by atoms with Crippen LogP contribution in [-0.4, -0.2) is 56.1 Å². The van der Waals surface area contributed by atoms with Crippen molar-refractivity contribution in [1.82, 2.24) is 19.5 Å². The van der Waals surface area contributed by atoms with E-state index in [4.69, 9.17) is 15.2 Å². The Hall–Kier alpha value is -2.67. The lowest BCUT2D eigenvalue weighted by molar-refractivity contribution is -0.166. The van der Waals surface area contributed by atoms with E-state index < -0.39 is 48.9 Å². The Morgan fingerprint density at radius 1 is 1.52 bits per heavy atom. The third kappa shape index (κ3) is 4.19. The molecule has 0 amide bonds. The molecule has 1 aliphatic carbocycles. The van der Waals surface area contributed by atoms with Crippen molar-refractivity contribution >= 4 is 23.1 Å². The molecule has 0 aliphatic heterocycles. The fourth-order valence-corrected chi connectivity index (χ4v) is 2.50. The highest BCUT2D eigenvalue weighted by molar-refractivity contribution is 5.76. The summed E-state index contributed by atoms with van der Waals surface area (Å²) in [5, 5.41) is 9.29. The molecule has 3 unspecified atom stereocenters. The number of imidazole rings is 1. The van der Waals surface area contributed by atoms with E-state index in [1.807, 2.05) is 0 Å². The average molecular weight is 391 g/mol. The lowest BCUT2D eigenvalue weighted by Gasteiger charge is -2.16. The number of alkyl halides is 3. The first-order valence-corrected chi connectivity index (χ1v) is 7.87. The number of carbonyl (C=O) groups excluding carboxylic acids is 1. The van der Waals surface area contributed by atoms with Gasteiger partial charge in [0.15, 0.2) is 11.2 Å². The first-order valence-electron chi connectivity index (χ1n) is 7.87. The number of aromatic amines is 1. The van der Waals surface area contributed by atoms with Crippen molar-refractivity contribution in [3.63, 3.8) is 0 Å². The maximum absolute atomic E-state index is 12.5. The van der Waals surface area contributed by atoms with Gasteiger partial charge in [0.1, 0.15) is 19.4 Å². The van der Waals surface area contributed by atoms with Crippen molar-refractivity contribution in [3.05, 3.63) is 16.7 Å². The molecule has 10 nitrogen and oxygen atoms in total. The third-order valence-electron chi connectivity index (χ3n) is 4.07. The SMILES string of the molecule is Nc1nc2c(ncn2COC(CO)COC(=O)C2CC2C(F)(F)F)c(=O)[nH]1. The van der Waals surface area contributed by atoms with E-state index in [0.717, 1.165) is 0 Å². The smallest absolute Gasteiger partial charge is 0.392 e. The molecule has 1 aliphatic rings. The molecule has 3 rings (SSSR count). The zero-order chi connectivity index (χ0) is 19.8. The number of fused-ring (bicyclic) bond motifs is 1. The van der Waals surface area contributed by atoms with Gasteiger partial charge in [0.25, 0.3) is 5.56 Å². The Kier molecular flexibility index (Phi) is 5.06. The van der Waals surface area contributed by atoms with Crippen LogP contribution in [0.15, 0.2) is 11.1 Å². The Balaban J connectivity index is 1.54. The summed E-state index contributed by atoms with van der Waals surface area (Å²) >= 11 is 0. The summed E-state index contributed by atoms with van der Waals surface area (Å²) < 4.78 is 48.9. The number of rotatable bonds is 7. The minimum atomic E-state index is -4.42. The van der Waals surface area contributed by atoms with E-state index in [0.29, 0.717) is 0 Å². The Morgan fingerprint density at radius 3 is 2.89 bits per heavy atom. The van der Waals surface area contributed by atoms with Crippen LogP contribution in [0.5, 0.6) is 0 Å². The molecule has 0 radical (unpaired) electrons. The number of aliphatic hydroxyl groups is 1. The van der Waals surface area contributed by atoms with Crippen molar-refractivity contribution in [2.24, 2.45) is 11.8 Å². The number of nitrogens with two attached hydrogens (primary N) is 1. The van der Waals surface area contributed by atoms with Gasteiger partial charge in [-0.05, 0) is 6.42 Å². The standard InChI is InChI=1S/C14H16F3N5O5/c15-14(16,17)8-1-7(8)12(25)26-3-6(2-23)27-5-22-4-19-9-10(22)20-13(18)21-11(9)24/h4,6-8,23H,1-3,5H2,(H3,18,20,21,24). The van der Waals surface area contributed by atoms with Crippen LogP contribution in [-0.2, 0) is 21.0 Å². The Bertz CT molecular complexity index is 895. The lowest BCUT2D eigenvalue weighted by Crippen LogP contribution is -2.28. The highest BCUT2D eigenvalue weighted by atomic mass is 19.4. The minimum absolute atomic E-state index is 0.0340. The molecule has 148 valence electrons. The molecule has 27 heavy (non-hydrogen) atoms. The maximum atomic E-state index is 12.5. The fourth-order valence-electron chi connectivity index (χ4n) is 2.50. The van der Waals surface area contributed by atoms with Crippen molar-refractivity contribution in [3.8, 4) is 0 Å². The van der Waals surface area contributed by atoms with Gasteiger partial charge >= 0.3 is 12.1 Å². The summed E-state index contributed by atoms with van der Waals surface area (Å²) in [5.41, 5.74) is 5.11. The minimum Gasteiger partial charge on any atom is -0.463 e. The first kappa shape index (κ1) is 19.1. The van der Waals surface area contributed by atoms with Crippen molar-refractivity contribution in [2.75, 3.05) is 18.9 Å². The van der Waals surface area contributed by atoms with Gasteiger partial charge in [0.05, 0.1) is 24.8 Å². The van der Waals surface area contributed by atoms with Gasteiger partial charge < -0.3 is 20.3 Å². The lowest BCUT2D eigenvalue weighted by atomic mass is 10.3. The van der Waals surface area contributed by atoms with Crippen LogP contribution < -0.4 is 11.3 Å². The monoisotopic (exact) mass is 391 g/mol. The zero-order valence-electron chi connectivity index (χ0n) is 13.8. The van der Waals surface area contributed by atoms with Gasteiger partial charge in [-0.25, -0.2) is 4.98 Å². The highest BCUT2D eigenvalue weighted by Crippen LogP contribution is 2.50. The summed E-state index contributed by atoms with van der Waals surface area (Å²) in [6.45, 7) is -1.16. The number of aliphatic hydroxyl groups excluding tert-OH is 1. The molecule has 0 aromatic carbocycles. The maximum Gasteiger partial charge on any atom is 0.392 e. The predicted molar refractivity (Wildman–Crippen MR) is 83.1 cm³/mol. The van der Waals surface area contributed by atoms with Crippen LogP contribution in [0.2, 0.25) is 0 Å². The number of nitrogens with one attached hydrogen (secondary N) is 1. The number of aromatic nitrogens is 4. The molecule has 2 heterocycles. The summed E-state index contributed by atoms with van der Waals surface area (Å²) in [7, 11) is 0. The van der Waals surface area contributed by atoms with E-state index >= 15 is 0 Å². The summed E-state index contributed by atoms with van der Waals surface area (Å²) in [6.07, 6.45) is -4.43. The second kappa shape index (κ2) is 7.15. The first-order chi connectivity index (χ1) is 12.7. The number of nitrogens with zero attached hydrogens (tertiary/aromatic N) is 3. The molecule has 2 aromatic rings. The molecule has 2 aromatic heterocycles.